The van der Waals surface area contributed by atoms with Gasteiger partial charge in [-0.25, -0.2) is 4.39 Å². The number of rotatable bonds is 6. The van der Waals surface area contributed by atoms with Crippen LogP contribution in [0.5, 0.6) is 5.75 Å². The molecule has 3 saturated heterocycles. The molecule has 1 spiro atoms. The van der Waals surface area contributed by atoms with Gasteiger partial charge in [0.2, 0.25) is 5.91 Å². The van der Waals surface area contributed by atoms with E-state index in [1.54, 1.807) is 35.2 Å². The van der Waals surface area contributed by atoms with Crippen LogP contribution in [-0.2, 0) is 14.3 Å². The van der Waals surface area contributed by atoms with Crippen molar-refractivity contribution in [1.82, 2.24) is 15.1 Å². The highest BCUT2D eigenvalue weighted by atomic mass is 19.1. The molecule has 0 aliphatic carbocycles. The van der Waals surface area contributed by atoms with Crippen molar-refractivity contribution < 1.29 is 33.0 Å². The second-order valence-corrected chi connectivity index (χ2v) is 9.83. The first kappa shape index (κ1) is 26.1. The second kappa shape index (κ2) is 11.1. The van der Waals surface area contributed by atoms with Crippen LogP contribution in [-0.4, -0.2) is 85.3 Å². The molecule has 10 heteroatoms. The van der Waals surface area contributed by atoms with Gasteiger partial charge in [-0.15, -0.1) is 0 Å². The van der Waals surface area contributed by atoms with Crippen LogP contribution >= 0.6 is 0 Å². The first-order valence-corrected chi connectivity index (χ1v) is 13.0. The average Bonchev–Trinajstić information content (AvgIpc) is 3.60. The minimum atomic E-state index is -1.07. The van der Waals surface area contributed by atoms with Crippen LogP contribution in [0.1, 0.15) is 46.4 Å². The number of nitrogens with zero attached hydrogens (tertiary/aromatic N) is 2. The molecule has 0 radical (unpaired) electrons. The van der Waals surface area contributed by atoms with E-state index in [1.165, 1.54) is 30.2 Å². The van der Waals surface area contributed by atoms with Gasteiger partial charge in [0.1, 0.15) is 23.3 Å². The van der Waals surface area contributed by atoms with E-state index in [1.807, 2.05) is 0 Å². The summed E-state index contributed by atoms with van der Waals surface area (Å²) in [6, 6.07) is 11.8. The third-order valence-corrected chi connectivity index (χ3v) is 7.56. The topological polar surface area (TPSA) is 97.4 Å². The lowest BCUT2D eigenvalue weighted by Crippen LogP contribution is -2.60. The van der Waals surface area contributed by atoms with Gasteiger partial charge in [0.05, 0.1) is 25.4 Å². The maximum absolute atomic E-state index is 14.2. The summed E-state index contributed by atoms with van der Waals surface area (Å²) in [5.74, 6) is -1.12. The van der Waals surface area contributed by atoms with E-state index in [0.717, 1.165) is 12.8 Å². The Morgan fingerprint density at radius 1 is 1.11 bits per heavy atom. The Bertz CT molecular complexity index is 1190. The normalized spacial score (nSPS) is 22.5. The zero-order valence-corrected chi connectivity index (χ0v) is 21.4. The molecule has 2 atom stereocenters. The molecule has 1 N–H and O–H groups in total. The number of ether oxygens (including phenoxy) is 3. The van der Waals surface area contributed by atoms with Gasteiger partial charge in [0, 0.05) is 44.6 Å². The van der Waals surface area contributed by atoms with Crippen LogP contribution in [0.25, 0.3) is 0 Å². The molecule has 5 rings (SSSR count). The highest BCUT2D eigenvalue weighted by molar-refractivity contribution is 5.99. The van der Waals surface area contributed by atoms with Crippen molar-refractivity contribution in [3.63, 3.8) is 0 Å². The molecule has 0 aromatic heterocycles. The predicted octanol–water partition coefficient (Wildman–Crippen LogP) is 2.60. The fourth-order valence-corrected chi connectivity index (χ4v) is 5.46. The van der Waals surface area contributed by atoms with E-state index >= 15 is 0 Å². The number of methoxy groups -OCH3 is 1. The van der Waals surface area contributed by atoms with Gasteiger partial charge < -0.3 is 24.4 Å². The molecule has 3 amide bonds. The van der Waals surface area contributed by atoms with E-state index in [0.29, 0.717) is 37.3 Å². The third kappa shape index (κ3) is 5.10. The standard InChI is InChI=1S/C28H32FN3O6/c1-36-20-7-4-6-19(16-20)26(34)32-24(25(33)30-17-21-8-5-15-37-21)18-38-28(32)11-13-31(14-12-28)27(35)22-9-2-3-10-23(22)29/h2-4,6-7,9-10,16,21,24H,5,8,11-15,17-18H2,1H3,(H,30,33)/t21-,24-/m1/s1. The molecule has 202 valence electrons. The van der Waals surface area contributed by atoms with E-state index in [2.05, 4.69) is 5.32 Å². The maximum atomic E-state index is 14.2. The maximum Gasteiger partial charge on any atom is 0.257 e. The Hall–Kier alpha value is -3.50. The number of benzene rings is 2. The van der Waals surface area contributed by atoms with Crippen molar-refractivity contribution in [3.8, 4) is 5.75 Å². The molecule has 3 fully saturated rings. The summed E-state index contributed by atoms with van der Waals surface area (Å²) in [5.41, 5.74) is -0.694. The van der Waals surface area contributed by atoms with Gasteiger partial charge in [-0.3, -0.25) is 19.3 Å². The minimum Gasteiger partial charge on any atom is -0.497 e. The van der Waals surface area contributed by atoms with Crippen LogP contribution in [0.2, 0.25) is 0 Å². The summed E-state index contributed by atoms with van der Waals surface area (Å²) in [6.45, 7) is 1.58. The molecule has 2 aromatic rings. The third-order valence-electron chi connectivity index (χ3n) is 7.56. The Balaban J connectivity index is 1.36. The lowest BCUT2D eigenvalue weighted by atomic mass is 9.96. The summed E-state index contributed by atoms with van der Waals surface area (Å²) in [6.07, 6.45) is 2.38. The molecule has 3 heterocycles. The number of likely N-dealkylation sites (tertiary alicyclic amines) is 1. The summed E-state index contributed by atoms with van der Waals surface area (Å²) in [7, 11) is 1.52. The number of hydrogen-bond donors (Lipinski definition) is 1. The summed E-state index contributed by atoms with van der Waals surface area (Å²) in [4.78, 5) is 43.3. The Labute approximate surface area is 220 Å². The van der Waals surface area contributed by atoms with Crippen molar-refractivity contribution in [3.05, 3.63) is 65.5 Å². The van der Waals surface area contributed by atoms with Gasteiger partial charge in [0.15, 0.2) is 0 Å². The number of carbonyl (C=O) groups excluding carboxylic acids is 3. The lowest BCUT2D eigenvalue weighted by Gasteiger charge is -2.44. The zero-order valence-electron chi connectivity index (χ0n) is 21.4. The fourth-order valence-electron chi connectivity index (χ4n) is 5.46. The average molecular weight is 526 g/mol. The molecule has 0 unspecified atom stereocenters. The van der Waals surface area contributed by atoms with Gasteiger partial charge in [0.25, 0.3) is 11.8 Å². The highest BCUT2D eigenvalue weighted by Gasteiger charge is 2.54. The number of nitrogens with one attached hydrogen (secondary N) is 1. The van der Waals surface area contributed by atoms with Gasteiger partial charge >= 0.3 is 0 Å². The molecule has 3 aliphatic rings. The SMILES string of the molecule is COc1cccc(C(=O)N2[C@@H](C(=O)NC[C@H]3CCCO3)COC23CCN(C(=O)c2ccccc2F)CC3)c1. The van der Waals surface area contributed by atoms with E-state index in [9.17, 15) is 18.8 Å². The molecular weight excluding hydrogens is 493 g/mol. The van der Waals surface area contributed by atoms with Crippen LogP contribution in [0, 0.1) is 5.82 Å². The van der Waals surface area contributed by atoms with Crippen LogP contribution < -0.4 is 10.1 Å². The smallest absolute Gasteiger partial charge is 0.257 e. The molecular formula is C28H32FN3O6. The summed E-state index contributed by atoms with van der Waals surface area (Å²) < 4.78 is 31.4. The number of amides is 3. The predicted molar refractivity (Wildman–Crippen MR) is 135 cm³/mol. The minimum absolute atomic E-state index is 0.00601. The number of carbonyl (C=O) groups is 3. The Kier molecular flexibility index (Phi) is 7.62. The van der Waals surface area contributed by atoms with Crippen molar-refractivity contribution in [1.29, 1.82) is 0 Å². The number of halogens is 1. The number of piperidine rings is 1. The summed E-state index contributed by atoms with van der Waals surface area (Å²) >= 11 is 0. The van der Waals surface area contributed by atoms with Crippen LogP contribution in [0.4, 0.5) is 4.39 Å². The summed E-state index contributed by atoms with van der Waals surface area (Å²) in [5, 5.41) is 2.93. The van der Waals surface area contributed by atoms with Crippen molar-refractivity contribution in [2.45, 2.75) is 43.6 Å². The number of hydrogen-bond acceptors (Lipinski definition) is 6. The van der Waals surface area contributed by atoms with E-state index < -0.39 is 23.5 Å². The van der Waals surface area contributed by atoms with Crippen molar-refractivity contribution in [2.24, 2.45) is 0 Å². The molecule has 9 nitrogen and oxygen atoms in total. The van der Waals surface area contributed by atoms with E-state index in [-0.39, 0.29) is 43.2 Å². The van der Waals surface area contributed by atoms with Crippen LogP contribution in [0.15, 0.2) is 48.5 Å². The van der Waals surface area contributed by atoms with Crippen LogP contribution in [0.3, 0.4) is 0 Å². The Morgan fingerprint density at radius 3 is 2.61 bits per heavy atom. The molecule has 2 aromatic carbocycles. The first-order chi connectivity index (χ1) is 18.4. The van der Waals surface area contributed by atoms with Gasteiger partial charge in [-0.1, -0.05) is 18.2 Å². The second-order valence-electron chi connectivity index (χ2n) is 9.83. The fraction of sp³-hybridized carbons (Fsp3) is 0.464. The highest BCUT2D eigenvalue weighted by Crippen LogP contribution is 2.39. The lowest BCUT2D eigenvalue weighted by molar-refractivity contribution is -0.128. The van der Waals surface area contributed by atoms with Gasteiger partial charge in [-0.2, -0.15) is 0 Å². The molecule has 0 saturated carbocycles. The van der Waals surface area contributed by atoms with Crippen molar-refractivity contribution in [2.75, 3.05) is 40.0 Å². The monoisotopic (exact) mass is 525 g/mol. The van der Waals surface area contributed by atoms with E-state index in [4.69, 9.17) is 14.2 Å². The molecule has 3 aliphatic heterocycles. The largest absolute Gasteiger partial charge is 0.497 e. The molecule has 0 bridgehead atoms. The van der Waals surface area contributed by atoms with Gasteiger partial charge in [-0.05, 0) is 43.2 Å². The molecule has 38 heavy (non-hydrogen) atoms. The Morgan fingerprint density at radius 2 is 1.89 bits per heavy atom. The first-order valence-electron chi connectivity index (χ1n) is 13.0. The quantitative estimate of drug-likeness (QED) is 0.623. The zero-order chi connectivity index (χ0) is 26.7. The van der Waals surface area contributed by atoms with Crippen molar-refractivity contribution >= 4 is 17.7 Å².